The molecule has 1 N–H and O–H groups in total. The lowest BCUT2D eigenvalue weighted by atomic mass is 10.0. The molecule has 0 fully saturated rings. The Labute approximate surface area is 247 Å². The summed E-state index contributed by atoms with van der Waals surface area (Å²) >= 11 is 6.22. The van der Waals surface area contributed by atoms with Crippen LogP contribution in [0.2, 0.25) is 5.02 Å². The van der Waals surface area contributed by atoms with E-state index in [2.05, 4.69) is 5.32 Å². The highest BCUT2D eigenvalue weighted by Gasteiger charge is 2.31. The van der Waals surface area contributed by atoms with Crippen molar-refractivity contribution in [1.29, 1.82) is 0 Å². The van der Waals surface area contributed by atoms with Crippen molar-refractivity contribution < 1.29 is 22.4 Å². The molecular formula is C31H37ClFN3O4S. The van der Waals surface area contributed by atoms with Gasteiger partial charge in [-0.2, -0.15) is 0 Å². The second-order valence-corrected chi connectivity index (χ2v) is 12.7. The predicted molar refractivity (Wildman–Crippen MR) is 162 cm³/mol. The van der Waals surface area contributed by atoms with Gasteiger partial charge in [-0.25, -0.2) is 12.8 Å². The number of amides is 2. The molecule has 2 amide bonds. The van der Waals surface area contributed by atoms with Gasteiger partial charge in [0.1, 0.15) is 11.9 Å². The maximum Gasteiger partial charge on any atom is 0.243 e. The molecule has 1 atom stereocenters. The minimum absolute atomic E-state index is 0.0518. The molecular weight excluding hydrogens is 565 g/mol. The zero-order valence-corrected chi connectivity index (χ0v) is 25.2. The zero-order valence-electron chi connectivity index (χ0n) is 23.6. The molecule has 10 heteroatoms. The summed E-state index contributed by atoms with van der Waals surface area (Å²) in [6, 6.07) is 21.3. The van der Waals surface area contributed by atoms with E-state index >= 15 is 0 Å². The number of carbonyl (C=O) groups is 2. The van der Waals surface area contributed by atoms with E-state index in [1.807, 2.05) is 50.2 Å². The lowest BCUT2D eigenvalue weighted by molar-refractivity contribution is -0.141. The van der Waals surface area contributed by atoms with Crippen molar-refractivity contribution in [1.82, 2.24) is 10.2 Å². The predicted octanol–water partition coefficient (Wildman–Crippen LogP) is 5.44. The average molecular weight is 602 g/mol. The van der Waals surface area contributed by atoms with Gasteiger partial charge < -0.3 is 10.2 Å². The molecule has 0 heterocycles. The summed E-state index contributed by atoms with van der Waals surface area (Å²) in [6.07, 6.45) is 1.37. The van der Waals surface area contributed by atoms with Crippen LogP contribution in [0.25, 0.3) is 0 Å². The van der Waals surface area contributed by atoms with Gasteiger partial charge in [0.05, 0.1) is 11.9 Å². The van der Waals surface area contributed by atoms with Gasteiger partial charge in [0.15, 0.2) is 0 Å². The summed E-state index contributed by atoms with van der Waals surface area (Å²) in [5.41, 5.74) is 1.57. The Bertz CT molecular complexity index is 1420. The van der Waals surface area contributed by atoms with Gasteiger partial charge in [0, 0.05) is 37.5 Å². The number of hydrogen-bond acceptors (Lipinski definition) is 4. The third-order valence-electron chi connectivity index (χ3n) is 6.47. The Kier molecular flexibility index (Phi) is 11.7. The molecule has 0 saturated carbocycles. The fourth-order valence-corrected chi connectivity index (χ4v) is 5.62. The topological polar surface area (TPSA) is 86.8 Å². The first-order valence-electron chi connectivity index (χ1n) is 13.5. The van der Waals surface area contributed by atoms with E-state index < -0.39 is 21.9 Å². The van der Waals surface area contributed by atoms with Gasteiger partial charge in [0.2, 0.25) is 21.8 Å². The Hall–Kier alpha value is -3.43. The molecule has 0 aliphatic heterocycles. The molecule has 0 saturated heterocycles. The average Bonchev–Trinajstić information content (AvgIpc) is 2.92. The Morgan fingerprint density at radius 3 is 2.24 bits per heavy atom. The van der Waals surface area contributed by atoms with Gasteiger partial charge in [0.25, 0.3) is 0 Å². The molecule has 0 aliphatic carbocycles. The van der Waals surface area contributed by atoms with Gasteiger partial charge in [-0.1, -0.05) is 80.0 Å². The molecule has 0 bridgehead atoms. The van der Waals surface area contributed by atoms with Crippen LogP contribution in [0.15, 0.2) is 78.9 Å². The van der Waals surface area contributed by atoms with E-state index in [0.29, 0.717) is 18.0 Å². The monoisotopic (exact) mass is 601 g/mol. The van der Waals surface area contributed by atoms with Crippen molar-refractivity contribution in [2.75, 3.05) is 23.7 Å². The number of anilines is 1. The maximum absolute atomic E-state index is 14.5. The number of hydrogen-bond donors (Lipinski definition) is 1. The summed E-state index contributed by atoms with van der Waals surface area (Å²) in [5, 5.41) is 3.48. The maximum atomic E-state index is 14.5. The van der Waals surface area contributed by atoms with Crippen LogP contribution >= 0.6 is 11.6 Å². The van der Waals surface area contributed by atoms with E-state index in [-0.39, 0.29) is 49.4 Å². The zero-order chi connectivity index (χ0) is 30.0. The first kappa shape index (κ1) is 32.1. The molecule has 7 nitrogen and oxygen atoms in total. The van der Waals surface area contributed by atoms with Crippen LogP contribution < -0.4 is 9.62 Å². The van der Waals surface area contributed by atoms with Crippen molar-refractivity contribution >= 4 is 39.1 Å². The van der Waals surface area contributed by atoms with Crippen LogP contribution in [0, 0.1) is 11.7 Å². The summed E-state index contributed by atoms with van der Waals surface area (Å²) < 4.78 is 40.4. The molecule has 0 radical (unpaired) electrons. The van der Waals surface area contributed by atoms with Crippen molar-refractivity contribution in [3.63, 3.8) is 0 Å². The highest BCUT2D eigenvalue weighted by molar-refractivity contribution is 7.92. The standard InChI is InChI=1S/C31H37ClFN3O4S/c1-23(2)21-34-31(38)29(20-24-11-5-4-6-12-24)35(22-25-13-9-14-26(32)19-25)30(37)17-10-18-36(41(3,39)40)28-16-8-7-15-27(28)33/h4-9,11-16,19,23,29H,10,17-18,20-22H2,1-3H3,(H,34,38). The molecule has 41 heavy (non-hydrogen) atoms. The molecule has 3 aromatic carbocycles. The van der Waals surface area contributed by atoms with Crippen LogP contribution in [0.4, 0.5) is 10.1 Å². The quantitative estimate of drug-likeness (QED) is 0.267. The fraction of sp³-hybridized carbons (Fsp3) is 0.355. The molecule has 3 aromatic rings. The molecule has 0 aromatic heterocycles. The summed E-state index contributed by atoms with van der Waals surface area (Å²) in [6.45, 7) is 4.47. The molecule has 220 valence electrons. The fourth-order valence-electron chi connectivity index (χ4n) is 4.44. The second-order valence-electron chi connectivity index (χ2n) is 10.4. The minimum atomic E-state index is -3.81. The van der Waals surface area contributed by atoms with Gasteiger partial charge in [-0.05, 0) is 47.7 Å². The van der Waals surface area contributed by atoms with E-state index in [1.165, 1.54) is 23.1 Å². The van der Waals surface area contributed by atoms with Crippen molar-refractivity contribution in [2.45, 2.75) is 45.7 Å². The SMILES string of the molecule is CC(C)CNC(=O)C(Cc1ccccc1)N(Cc1cccc(Cl)c1)C(=O)CCCN(c1ccccc1F)S(C)(=O)=O. The van der Waals surface area contributed by atoms with E-state index in [9.17, 15) is 22.4 Å². The van der Waals surface area contributed by atoms with Gasteiger partial charge in [-0.3, -0.25) is 13.9 Å². The number of carbonyl (C=O) groups excluding carboxylic acids is 2. The first-order chi connectivity index (χ1) is 19.5. The minimum Gasteiger partial charge on any atom is -0.354 e. The number of benzene rings is 3. The van der Waals surface area contributed by atoms with Crippen molar-refractivity contribution in [2.24, 2.45) is 5.92 Å². The number of rotatable bonds is 14. The first-order valence-corrected chi connectivity index (χ1v) is 15.8. The number of sulfonamides is 1. The Balaban J connectivity index is 1.89. The highest BCUT2D eigenvalue weighted by atomic mass is 35.5. The summed E-state index contributed by atoms with van der Waals surface area (Å²) in [4.78, 5) is 28.9. The van der Waals surface area contributed by atoms with E-state index in [1.54, 1.807) is 24.3 Å². The number of para-hydroxylation sites is 1. The van der Waals surface area contributed by atoms with Gasteiger partial charge in [-0.15, -0.1) is 0 Å². The van der Waals surface area contributed by atoms with Gasteiger partial charge >= 0.3 is 0 Å². The molecule has 0 aliphatic rings. The summed E-state index contributed by atoms with van der Waals surface area (Å²) in [5.74, 6) is -1.06. The summed E-state index contributed by atoms with van der Waals surface area (Å²) in [7, 11) is -3.81. The van der Waals surface area contributed by atoms with Crippen molar-refractivity contribution in [3.8, 4) is 0 Å². The third kappa shape index (κ3) is 9.86. The molecule has 1 unspecified atom stereocenters. The lowest BCUT2D eigenvalue weighted by Gasteiger charge is -2.32. The lowest BCUT2D eigenvalue weighted by Crippen LogP contribution is -2.51. The van der Waals surface area contributed by atoms with Crippen LogP contribution in [-0.2, 0) is 32.6 Å². The van der Waals surface area contributed by atoms with E-state index in [4.69, 9.17) is 11.6 Å². The van der Waals surface area contributed by atoms with Crippen LogP contribution in [-0.4, -0.2) is 50.5 Å². The van der Waals surface area contributed by atoms with Crippen molar-refractivity contribution in [3.05, 3.63) is 101 Å². The number of halogens is 2. The largest absolute Gasteiger partial charge is 0.354 e. The smallest absolute Gasteiger partial charge is 0.243 e. The second kappa shape index (κ2) is 15.0. The number of nitrogens with one attached hydrogen (secondary N) is 1. The molecule has 3 rings (SSSR count). The van der Waals surface area contributed by atoms with E-state index in [0.717, 1.165) is 21.7 Å². The molecule has 0 spiro atoms. The third-order valence-corrected chi connectivity index (χ3v) is 7.89. The number of nitrogens with zero attached hydrogens (tertiary/aromatic N) is 2. The van der Waals surface area contributed by atoms with Crippen LogP contribution in [0.3, 0.4) is 0 Å². The Morgan fingerprint density at radius 1 is 0.951 bits per heavy atom. The normalized spacial score (nSPS) is 12.1. The highest BCUT2D eigenvalue weighted by Crippen LogP contribution is 2.23. The van der Waals surface area contributed by atoms with Crippen LogP contribution in [0.1, 0.15) is 37.8 Å². The van der Waals surface area contributed by atoms with Crippen LogP contribution in [0.5, 0.6) is 0 Å². The Morgan fingerprint density at radius 2 is 1.61 bits per heavy atom.